The van der Waals surface area contributed by atoms with Crippen molar-refractivity contribution in [1.82, 2.24) is 10.3 Å². The topological polar surface area (TPSA) is 46.2 Å². The second-order valence-electron chi connectivity index (χ2n) is 4.26. The van der Waals surface area contributed by atoms with Crippen LogP contribution < -0.4 is 15.4 Å². The normalized spacial score (nSPS) is 9.71. The van der Waals surface area contributed by atoms with Gasteiger partial charge >= 0.3 is 0 Å². The Bertz CT molecular complexity index is 601. The average Bonchev–Trinajstić information content (AvgIpc) is 2.52. The lowest BCUT2D eigenvalue weighted by atomic mass is 10.3. The number of thiocarbonyl (C=S) groups is 1. The summed E-state index contributed by atoms with van der Waals surface area (Å²) < 4.78 is 5.47. The number of hydrogen-bond donors (Lipinski definition) is 2. The highest BCUT2D eigenvalue weighted by Crippen LogP contribution is 2.17. The predicted molar refractivity (Wildman–Crippen MR) is 89.4 cm³/mol. The minimum Gasteiger partial charge on any atom is -0.489 e. The molecule has 5 heteroatoms. The van der Waals surface area contributed by atoms with E-state index < -0.39 is 0 Å². The van der Waals surface area contributed by atoms with Crippen LogP contribution >= 0.6 is 12.2 Å². The van der Waals surface area contributed by atoms with Crippen molar-refractivity contribution in [3.63, 3.8) is 0 Å². The first-order valence-electron chi connectivity index (χ1n) is 6.56. The first-order valence-corrected chi connectivity index (χ1v) is 6.97. The maximum Gasteiger partial charge on any atom is 0.171 e. The fraction of sp³-hybridized carbons (Fsp3) is 0.125. The Morgan fingerprint density at radius 2 is 2.19 bits per heavy atom. The molecule has 108 valence electrons. The van der Waals surface area contributed by atoms with E-state index >= 15 is 0 Å². The van der Waals surface area contributed by atoms with Crippen molar-refractivity contribution >= 4 is 23.0 Å². The zero-order valence-corrected chi connectivity index (χ0v) is 12.4. The van der Waals surface area contributed by atoms with Crippen molar-refractivity contribution < 1.29 is 4.74 Å². The molecule has 2 aromatic rings. The Morgan fingerprint density at radius 1 is 1.29 bits per heavy atom. The highest BCUT2D eigenvalue weighted by Gasteiger charge is 2.00. The molecule has 0 unspecified atom stereocenters. The Kier molecular flexibility index (Phi) is 5.72. The van der Waals surface area contributed by atoms with E-state index in [4.69, 9.17) is 17.0 Å². The molecule has 0 bridgehead atoms. The summed E-state index contributed by atoms with van der Waals surface area (Å²) in [7, 11) is 0. The molecule has 1 aromatic carbocycles. The van der Waals surface area contributed by atoms with E-state index in [9.17, 15) is 0 Å². The summed E-state index contributed by atoms with van der Waals surface area (Å²) in [6, 6.07) is 13.4. The first-order chi connectivity index (χ1) is 10.3. The molecule has 1 aromatic heterocycles. The highest BCUT2D eigenvalue weighted by atomic mass is 32.1. The molecule has 2 rings (SSSR count). The van der Waals surface area contributed by atoms with Crippen LogP contribution in [0.25, 0.3) is 0 Å². The number of pyridine rings is 1. The zero-order chi connectivity index (χ0) is 14.9. The molecule has 0 atom stereocenters. The van der Waals surface area contributed by atoms with Crippen LogP contribution in [-0.2, 0) is 6.54 Å². The Hall–Kier alpha value is -2.40. The summed E-state index contributed by atoms with van der Waals surface area (Å²) in [5.41, 5.74) is 1.81. The van der Waals surface area contributed by atoms with Crippen molar-refractivity contribution in [3.05, 3.63) is 67.0 Å². The van der Waals surface area contributed by atoms with Gasteiger partial charge in [0.05, 0.1) is 12.2 Å². The molecule has 1 heterocycles. The molecular formula is C16H17N3OS. The van der Waals surface area contributed by atoms with E-state index in [1.54, 1.807) is 12.3 Å². The van der Waals surface area contributed by atoms with Crippen LogP contribution in [0, 0.1) is 0 Å². The van der Waals surface area contributed by atoms with Crippen LogP contribution in [0.4, 0.5) is 5.69 Å². The maximum atomic E-state index is 5.47. The average molecular weight is 299 g/mol. The van der Waals surface area contributed by atoms with E-state index in [2.05, 4.69) is 22.2 Å². The Balaban J connectivity index is 1.86. The van der Waals surface area contributed by atoms with Crippen molar-refractivity contribution in [3.8, 4) is 5.75 Å². The van der Waals surface area contributed by atoms with Gasteiger partial charge in [-0.15, -0.1) is 0 Å². The molecule has 21 heavy (non-hydrogen) atoms. The van der Waals surface area contributed by atoms with Crippen molar-refractivity contribution in [2.24, 2.45) is 0 Å². The van der Waals surface area contributed by atoms with Crippen LogP contribution in [0.5, 0.6) is 5.75 Å². The predicted octanol–water partition coefficient (Wildman–Crippen LogP) is 3.13. The SMILES string of the molecule is C=CCOc1cccc(NC(=S)NCc2ccccn2)c1. The summed E-state index contributed by atoms with van der Waals surface area (Å²) >= 11 is 5.26. The molecule has 0 aliphatic heterocycles. The third-order valence-electron chi connectivity index (χ3n) is 2.62. The molecule has 0 amide bonds. The van der Waals surface area contributed by atoms with E-state index in [1.807, 2.05) is 42.5 Å². The van der Waals surface area contributed by atoms with Crippen LogP contribution in [-0.4, -0.2) is 16.7 Å². The number of rotatable bonds is 6. The van der Waals surface area contributed by atoms with Gasteiger partial charge in [-0.1, -0.05) is 24.8 Å². The fourth-order valence-corrected chi connectivity index (χ4v) is 1.86. The summed E-state index contributed by atoms with van der Waals surface area (Å²) in [6.07, 6.45) is 3.47. The van der Waals surface area contributed by atoms with Crippen molar-refractivity contribution in [1.29, 1.82) is 0 Å². The number of benzene rings is 1. The maximum absolute atomic E-state index is 5.47. The summed E-state index contributed by atoms with van der Waals surface area (Å²) in [4.78, 5) is 4.23. The molecule has 0 radical (unpaired) electrons. The van der Waals surface area contributed by atoms with E-state index in [1.165, 1.54) is 0 Å². The molecule has 0 fully saturated rings. The largest absolute Gasteiger partial charge is 0.489 e. The van der Waals surface area contributed by atoms with E-state index in [-0.39, 0.29) is 0 Å². The number of hydrogen-bond acceptors (Lipinski definition) is 3. The number of anilines is 1. The monoisotopic (exact) mass is 299 g/mol. The fourth-order valence-electron chi connectivity index (χ4n) is 1.67. The van der Waals surface area contributed by atoms with Gasteiger partial charge in [0.2, 0.25) is 0 Å². The van der Waals surface area contributed by atoms with Crippen LogP contribution in [0.15, 0.2) is 61.3 Å². The van der Waals surface area contributed by atoms with Gasteiger partial charge in [0.25, 0.3) is 0 Å². The lowest BCUT2D eigenvalue weighted by Crippen LogP contribution is -2.28. The third kappa shape index (κ3) is 5.24. The smallest absolute Gasteiger partial charge is 0.171 e. The molecule has 4 nitrogen and oxygen atoms in total. The molecule has 0 aliphatic carbocycles. The van der Waals surface area contributed by atoms with Crippen molar-refractivity contribution in [2.75, 3.05) is 11.9 Å². The number of nitrogens with one attached hydrogen (secondary N) is 2. The molecule has 0 aliphatic rings. The van der Waals surface area contributed by atoms with Gasteiger partial charge in [0.15, 0.2) is 5.11 Å². The number of ether oxygens (including phenoxy) is 1. The lowest BCUT2D eigenvalue weighted by Gasteiger charge is -2.11. The molecule has 0 saturated heterocycles. The molecule has 0 spiro atoms. The quantitative estimate of drug-likeness (QED) is 0.634. The summed E-state index contributed by atoms with van der Waals surface area (Å²) in [5.74, 6) is 0.771. The minimum absolute atomic E-state index is 0.478. The van der Waals surface area contributed by atoms with Gasteiger partial charge in [0.1, 0.15) is 12.4 Å². The zero-order valence-electron chi connectivity index (χ0n) is 11.6. The molecule has 2 N–H and O–H groups in total. The third-order valence-corrected chi connectivity index (χ3v) is 2.86. The standard InChI is InChI=1S/C16H17N3OS/c1-2-10-20-15-8-5-7-13(11-15)19-16(21)18-12-14-6-3-4-9-17-14/h2-9,11H,1,10,12H2,(H2,18,19,21). The van der Waals surface area contributed by atoms with Gasteiger partial charge in [-0.3, -0.25) is 4.98 Å². The van der Waals surface area contributed by atoms with Crippen molar-refractivity contribution in [2.45, 2.75) is 6.54 Å². The second kappa shape index (κ2) is 8.01. The van der Waals surface area contributed by atoms with Crippen LogP contribution in [0.1, 0.15) is 5.69 Å². The van der Waals surface area contributed by atoms with E-state index in [0.717, 1.165) is 17.1 Å². The Morgan fingerprint density at radius 3 is 2.95 bits per heavy atom. The summed E-state index contributed by atoms with van der Waals surface area (Å²) in [6.45, 7) is 4.68. The van der Waals surface area contributed by atoms with E-state index in [0.29, 0.717) is 18.3 Å². The van der Waals surface area contributed by atoms with Crippen LogP contribution in [0.2, 0.25) is 0 Å². The number of aromatic nitrogens is 1. The first kappa shape index (κ1) is 15.0. The van der Waals surface area contributed by atoms with Crippen LogP contribution in [0.3, 0.4) is 0 Å². The van der Waals surface area contributed by atoms with Gasteiger partial charge in [-0.2, -0.15) is 0 Å². The second-order valence-corrected chi connectivity index (χ2v) is 4.66. The van der Waals surface area contributed by atoms with Gasteiger partial charge in [0, 0.05) is 18.0 Å². The van der Waals surface area contributed by atoms with Gasteiger partial charge < -0.3 is 15.4 Å². The minimum atomic E-state index is 0.478. The highest BCUT2D eigenvalue weighted by molar-refractivity contribution is 7.80. The number of nitrogens with zero attached hydrogens (tertiary/aromatic N) is 1. The Labute approximate surface area is 129 Å². The van der Waals surface area contributed by atoms with Gasteiger partial charge in [-0.25, -0.2) is 0 Å². The molecule has 0 saturated carbocycles. The summed E-state index contributed by atoms with van der Waals surface area (Å²) in [5, 5.41) is 6.77. The lowest BCUT2D eigenvalue weighted by molar-refractivity contribution is 0.363. The van der Waals surface area contributed by atoms with Gasteiger partial charge in [-0.05, 0) is 36.5 Å². The molecular weight excluding hydrogens is 282 g/mol.